The van der Waals surface area contributed by atoms with Crippen LogP contribution in [-0.4, -0.2) is 40.9 Å². The number of nitrogens with zero attached hydrogens (tertiary/aromatic N) is 1. The molecule has 1 amide bonds. The Morgan fingerprint density at radius 1 is 0.971 bits per heavy atom. The molecule has 0 atom stereocenters. The molecule has 0 aromatic heterocycles. The van der Waals surface area contributed by atoms with E-state index in [4.69, 9.17) is 21.1 Å². The SMILES string of the molecule is COc1ccc(N(CC(=O)Nc2cccc(C(C)=O)c2)S(=O)(=O)c2cc(C)ccc2OC)cc1Cl. The molecule has 3 aromatic rings. The van der Waals surface area contributed by atoms with Crippen molar-refractivity contribution in [2.24, 2.45) is 0 Å². The minimum atomic E-state index is -4.27. The van der Waals surface area contributed by atoms with Gasteiger partial charge >= 0.3 is 0 Å². The molecule has 184 valence electrons. The number of carbonyl (C=O) groups is 2. The highest BCUT2D eigenvalue weighted by molar-refractivity contribution is 7.93. The summed E-state index contributed by atoms with van der Waals surface area (Å²) in [7, 11) is -1.46. The number of anilines is 2. The smallest absolute Gasteiger partial charge is 0.268 e. The van der Waals surface area contributed by atoms with E-state index in [0.29, 0.717) is 22.6 Å². The van der Waals surface area contributed by atoms with Gasteiger partial charge in [0.05, 0.1) is 24.9 Å². The number of hydrogen-bond donors (Lipinski definition) is 1. The second-order valence-corrected chi connectivity index (χ2v) is 9.91. The lowest BCUT2D eigenvalue weighted by atomic mass is 10.1. The molecule has 3 aromatic carbocycles. The number of Topliss-reactive ketones (excluding diaryl/α,β-unsaturated/α-hetero) is 1. The van der Waals surface area contributed by atoms with Crippen LogP contribution >= 0.6 is 11.6 Å². The van der Waals surface area contributed by atoms with Gasteiger partial charge in [0.25, 0.3) is 10.0 Å². The first kappa shape index (κ1) is 26.1. The maximum Gasteiger partial charge on any atom is 0.268 e. The van der Waals surface area contributed by atoms with Crippen LogP contribution < -0.4 is 19.1 Å². The highest BCUT2D eigenvalue weighted by Crippen LogP contribution is 2.34. The van der Waals surface area contributed by atoms with E-state index in [0.717, 1.165) is 4.31 Å². The van der Waals surface area contributed by atoms with E-state index in [1.165, 1.54) is 51.5 Å². The highest BCUT2D eigenvalue weighted by atomic mass is 35.5. The Balaban J connectivity index is 2.04. The molecule has 0 saturated heterocycles. The maximum absolute atomic E-state index is 13.8. The van der Waals surface area contributed by atoms with E-state index in [1.54, 1.807) is 37.3 Å². The van der Waals surface area contributed by atoms with Gasteiger partial charge in [-0.1, -0.05) is 29.8 Å². The van der Waals surface area contributed by atoms with Crippen LogP contribution in [0.1, 0.15) is 22.8 Å². The fraction of sp³-hybridized carbons (Fsp3) is 0.200. The molecular formula is C25H25ClN2O6S. The molecule has 35 heavy (non-hydrogen) atoms. The molecule has 0 heterocycles. The largest absolute Gasteiger partial charge is 0.495 e. The molecule has 0 aliphatic rings. The Morgan fingerprint density at radius 2 is 1.66 bits per heavy atom. The number of ketones is 1. The van der Waals surface area contributed by atoms with Gasteiger partial charge in [0.15, 0.2) is 5.78 Å². The van der Waals surface area contributed by atoms with Gasteiger partial charge in [-0.15, -0.1) is 0 Å². The fourth-order valence-electron chi connectivity index (χ4n) is 3.38. The fourth-order valence-corrected chi connectivity index (χ4v) is 5.28. The van der Waals surface area contributed by atoms with Gasteiger partial charge in [-0.3, -0.25) is 13.9 Å². The van der Waals surface area contributed by atoms with Crippen molar-refractivity contribution in [3.63, 3.8) is 0 Å². The number of sulfonamides is 1. The molecule has 0 bridgehead atoms. The van der Waals surface area contributed by atoms with Gasteiger partial charge in [0.1, 0.15) is 22.9 Å². The van der Waals surface area contributed by atoms with E-state index in [1.807, 2.05) is 0 Å². The van der Waals surface area contributed by atoms with Crippen LogP contribution in [0, 0.1) is 6.92 Å². The molecule has 8 nitrogen and oxygen atoms in total. The Hall–Kier alpha value is -3.56. The number of carbonyl (C=O) groups excluding carboxylic acids is 2. The van der Waals surface area contributed by atoms with Gasteiger partial charge in [-0.2, -0.15) is 0 Å². The molecule has 0 fully saturated rings. The zero-order chi connectivity index (χ0) is 25.8. The average Bonchev–Trinajstić information content (AvgIpc) is 2.82. The molecule has 1 N–H and O–H groups in total. The van der Waals surface area contributed by atoms with E-state index in [-0.39, 0.29) is 27.1 Å². The summed E-state index contributed by atoms with van der Waals surface area (Å²) >= 11 is 6.26. The lowest BCUT2D eigenvalue weighted by molar-refractivity contribution is -0.114. The van der Waals surface area contributed by atoms with Crippen molar-refractivity contribution >= 4 is 44.7 Å². The summed E-state index contributed by atoms with van der Waals surface area (Å²) in [6.45, 7) is 2.60. The number of hydrogen-bond acceptors (Lipinski definition) is 6. The number of rotatable bonds is 9. The third-order valence-electron chi connectivity index (χ3n) is 5.15. The third kappa shape index (κ3) is 5.93. The van der Waals surface area contributed by atoms with E-state index in [2.05, 4.69) is 5.32 Å². The lowest BCUT2D eigenvalue weighted by Gasteiger charge is -2.25. The first-order valence-corrected chi connectivity index (χ1v) is 12.3. The summed E-state index contributed by atoms with van der Waals surface area (Å²) in [4.78, 5) is 24.6. The van der Waals surface area contributed by atoms with Gasteiger partial charge in [0, 0.05) is 11.3 Å². The number of amides is 1. The second kappa shape index (κ2) is 10.8. The summed E-state index contributed by atoms with van der Waals surface area (Å²) < 4.78 is 39.0. The van der Waals surface area contributed by atoms with Crippen molar-refractivity contribution in [2.75, 3.05) is 30.4 Å². The van der Waals surface area contributed by atoms with Gasteiger partial charge in [-0.05, 0) is 61.9 Å². The molecule has 3 rings (SSSR count). The minimum Gasteiger partial charge on any atom is -0.495 e. The van der Waals surface area contributed by atoms with Crippen molar-refractivity contribution < 1.29 is 27.5 Å². The van der Waals surface area contributed by atoms with Crippen LogP contribution in [-0.2, 0) is 14.8 Å². The van der Waals surface area contributed by atoms with Crippen LogP contribution in [0.2, 0.25) is 5.02 Å². The van der Waals surface area contributed by atoms with Crippen molar-refractivity contribution in [1.82, 2.24) is 0 Å². The number of halogens is 1. The average molecular weight is 517 g/mol. The van der Waals surface area contributed by atoms with Crippen LogP contribution in [0.5, 0.6) is 11.5 Å². The summed E-state index contributed by atoms with van der Waals surface area (Å²) in [6, 6.07) is 15.5. The molecular weight excluding hydrogens is 492 g/mol. The van der Waals surface area contributed by atoms with E-state index in [9.17, 15) is 18.0 Å². The Labute approximate surface area is 209 Å². The zero-order valence-electron chi connectivity index (χ0n) is 19.7. The highest BCUT2D eigenvalue weighted by Gasteiger charge is 2.31. The predicted octanol–water partition coefficient (Wildman–Crippen LogP) is 4.70. The first-order valence-electron chi connectivity index (χ1n) is 10.5. The maximum atomic E-state index is 13.8. The van der Waals surface area contributed by atoms with Crippen LogP contribution in [0.4, 0.5) is 11.4 Å². The normalized spacial score (nSPS) is 11.0. The molecule has 0 spiro atoms. The summed E-state index contributed by atoms with van der Waals surface area (Å²) in [5.41, 5.74) is 1.63. The van der Waals surface area contributed by atoms with E-state index >= 15 is 0 Å². The lowest BCUT2D eigenvalue weighted by Crippen LogP contribution is -2.38. The van der Waals surface area contributed by atoms with E-state index < -0.39 is 22.5 Å². The van der Waals surface area contributed by atoms with Crippen molar-refractivity contribution in [1.29, 1.82) is 0 Å². The predicted molar refractivity (Wildman–Crippen MR) is 135 cm³/mol. The third-order valence-corrected chi connectivity index (χ3v) is 7.24. The topological polar surface area (TPSA) is 102 Å². The summed E-state index contributed by atoms with van der Waals surface area (Å²) in [6.07, 6.45) is 0. The van der Waals surface area contributed by atoms with Crippen molar-refractivity contribution in [2.45, 2.75) is 18.7 Å². The molecule has 10 heteroatoms. The van der Waals surface area contributed by atoms with Gasteiger partial charge in [-0.25, -0.2) is 8.42 Å². The molecule has 0 aliphatic carbocycles. The Bertz CT molecular complexity index is 1370. The summed E-state index contributed by atoms with van der Waals surface area (Å²) in [5, 5.41) is 2.83. The Morgan fingerprint density at radius 3 is 2.29 bits per heavy atom. The monoisotopic (exact) mass is 516 g/mol. The summed E-state index contributed by atoms with van der Waals surface area (Å²) in [5.74, 6) is -0.293. The van der Waals surface area contributed by atoms with Gasteiger partial charge < -0.3 is 14.8 Å². The molecule has 0 radical (unpaired) electrons. The minimum absolute atomic E-state index is 0.0988. The zero-order valence-corrected chi connectivity index (χ0v) is 21.2. The quantitative estimate of drug-likeness (QED) is 0.413. The van der Waals surface area contributed by atoms with Crippen LogP contribution in [0.25, 0.3) is 0 Å². The van der Waals surface area contributed by atoms with Crippen molar-refractivity contribution in [3.8, 4) is 11.5 Å². The van der Waals surface area contributed by atoms with Crippen LogP contribution in [0.3, 0.4) is 0 Å². The number of ether oxygens (including phenoxy) is 2. The standard InChI is InChI=1S/C25H25ClN2O6S/c1-16-8-10-23(34-4)24(12-16)35(31,32)28(20-9-11-22(33-3)21(26)14-20)15-25(30)27-19-7-5-6-18(13-19)17(2)29/h5-14H,15H2,1-4H3,(H,27,30). The van der Waals surface area contributed by atoms with Crippen molar-refractivity contribution in [3.05, 3.63) is 76.8 Å². The molecule has 0 saturated carbocycles. The number of aryl methyl sites for hydroxylation is 1. The molecule has 0 unspecified atom stereocenters. The second-order valence-electron chi connectivity index (χ2n) is 7.67. The van der Waals surface area contributed by atoms with Crippen LogP contribution in [0.15, 0.2) is 65.6 Å². The first-order chi connectivity index (χ1) is 16.6. The van der Waals surface area contributed by atoms with Gasteiger partial charge in [0.2, 0.25) is 5.91 Å². The Kier molecular flexibility index (Phi) is 8.03. The molecule has 0 aliphatic heterocycles. The number of nitrogens with one attached hydrogen (secondary N) is 1. The number of benzene rings is 3. The number of methoxy groups -OCH3 is 2.